The van der Waals surface area contributed by atoms with Gasteiger partial charge < -0.3 is 10.5 Å². The van der Waals surface area contributed by atoms with E-state index in [-0.39, 0.29) is 17.3 Å². The van der Waals surface area contributed by atoms with Crippen LogP contribution in [0.1, 0.15) is 35.1 Å². The van der Waals surface area contributed by atoms with E-state index >= 15 is 0 Å². The first kappa shape index (κ1) is 18.0. The molecule has 27 heavy (non-hydrogen) atoms. The van der Waals surface area contributed by atoms with Crippen LogP contribution in [0, 0.1) is 0 Å². The largest absolute Gasteiger partial charge is 0.496 e. The highest BCUT2D eigenvalue weighted by molar-refractivity contribution is 5.94. The number of nitrogens with zero attached hydrogens (tertiary/aromatic N) is 6. The van der Waals surface area contributed by atoms with Gasteiger partial charge in [-0.15, -0.1) is 5.10 Å². The number of hydrogen-bond acceptors (Lipinski definition) is 9. The van der Waals surface area contributed by atoms with E-state index in [1.54, 1.807) is 13.2 Å². The Morgan fingerprint density at radius 2 is 2.22 bits per heavy atom. The van der Waals surface area contributed by atoms with Gasteiger partial charge in [-0.05, 0) is 28.9 Å². The molecule has 3 rings (SSSR count). The van der Waals surface area contributed by atoms with Crippen LogP contribution in [0.15, 0.2) is 34.0 Å². The third-order valence-electron chi connectivity index (χ3n) is 3.67. The predicted molar refractivity (Wildman–Crippen MR) is 95.7 cm³/mol. The second kappa shape index (κ2) is 8.08. The van der Waals surface area contributed by atoms with Gasteiger partial charge in [0.1, 0.15) is 5.75 Å². The molecule has 3 aromatic rings. The van der Waals surface area contributed by atoms with Crippen LogP contribution in [-0.4, -0.2) is 44.5 Å². The van der Waals surface area contributed by atoms with Crippen molar-refractivity contribution in [2.45, 2.75) is 19.8 Å². The fraction of sp³-hybridized carbons (Fsp3) is 0.250. The summed E-state index contributed by atoms with van der Waals surface area (Å²) in [6.45, 7) is 1.96. The number of amides is 1. The van der Waals surface area contributed by atoms with Crippen molar-refractivity contribution in [3.63, 3.8) is 0 Å². The van der Waals surface area contributed by atoms with E-state index in [1.165, 1.54) is 10.9 Å². The minimum Gasteiger partial charge on any atom is -0.496 e. The van der Waals surface area contributed by atoms with Crippen molar-refractivity contribution in [2.24, 2.45) is 5.10 Å². The zero-order valence-corrected chi connectivity index (χ0v) is 14.8. The number of ether oxygens (including phenoxy) is 1. The first-order valence-corrected chi connectivity index (χ1v) is 8.15. The normalized spacial score (nSPS) is 11.0. The van der Waals surface area contributed by atoms with Crippen LogP contribution in [0.5, 0.6) is 5.75 Å². The first-order valence-electron chi connectivity index (χ1n) is 8.15. The Labute approximate surface area is 154 Å². The number of aromatic nitrogens is 5. The van der Waals surface area contributed by atoms with E-state index < -0.39 is 5.91 Å². The number of hydrazone groups is 1. The highest BCUT2D eigenvalue weighted by Crippen LogP contribution is 2.17. The standard InChI is InChI=1S/C16H18N8O3/c1-3-6-11-13(19-23-24(11)15-14(17)21-27-22-15)16(25)20-18-9-10-7-4-5-8-12(10)26-2/h4-5,7-9H,3,6H2,1-2H3,(H2,17,21)(H,20,25)/b18-9-. The van der Waals surface area contributed by atoms with Gasteiger partial charge in [0.2, 0.25) is 11.6 Å². The van der Waals surface area contributed by atoms with Crippen LogP contribution in [0.2, 0.25) is 0 Å². The van der Waals surface area contributed by atoms with Crippen LogP contribution in [-0.2, 0) is 6.42 Å². The molecule has 140 valence electrons. The highest BCUT2D eigenvalue weighted by Gasteiger charge is 2.23. The molecular weight excluding hydrogens is 352 g/mol. The van der Waals surface area contributed by atoms with Crippen molar-refractivity contribution < 1.29 is 14.2 Å². The second-order valence-electron chi connectivity index (χ2n) is 5.46. The summed E-state index contributed by atoms with van der Waals surface area (Å²) in [5, 5.41) is 19.0. The maximum absolute atomic E-state index is 12.5. The molecular formula is C16H18N8O3. The minimum atomic E-state index is -0.508. The molecule has 1 aromatic carbocycles. The lowest BCUT2D eigenvalue weighted by Gasteiger charge is -2.04. The topological polar surface area (TPSA) is 146 Å². The molecule has 0 spiro atoms. The lowest BCUT2D eigenvalue weighted by Crippen LogP contribution is -2.20. The molecule has 0 saturated carbocycles. The van der Waals surface area contributed by atoms with Gasteiger partial charge in [-0.1, -0.05) is 30.7 Å². The maximum Gasteiger partial charge on any atom is 0.293 e. The number of hydrogen-bond donors (Lipinski definition) is 2. The summed E-state index contributed by atoms with van der Waals surface area (Å²) in [5.74, 6) is 0.369. The fourth-order valence-electron chi connectivity index (χ4n) is 2.43. The van der Waals surface area contributed by atoms with Crippen molar-refractivity contribution in [1.29, 1.82) is 0 Å². The SMILES string of the molecule is CCCc1c(C(=O)N/N=C\c2ccccc2OC)nnn1-c1nonc1N. The van der Waals surface area contributed by atoms with Crippen LogP contribution < -0.4 is 15.9 Å². The van der Waals surface area contributed by atoms with Crippen LogP contribution >= 0.6 is 0 Å². The number of para-hydroxylation sites is 1. The van der Waals surface area contributed by atoms with Crippen LogP contribution in [0.3, 0.4) is 0 Å². The van der Waals surface area contributed by atoms with Crippen molar-refractivity contribution in [3.05, 3.63) is 41.2 Å². The summed E-state index contributed by atoms with van der Waals surface area (Å²) in [7, 11) is 1.56. The molecule has 0 fully saturated rings. The lowest BCUT2D eigenvalue weighted by molar-refractivity contribution is 0.0949. The summed E-state index contributed by atoms with van der Waals surface area (Å²) in [6.07, 6.45) is 2.77. The summed E-state index contributed by atoms with van der Waals surface area (Å²) in [6, 6.07) is 7.29. The zero-order valence-electron chi connectivity index (χ0n) is 14.8. The number of carbonyl (C=O) groups is 1. The molecule has 0 bridgehead atoms. The Balaban J connectivity index is 1.81. The van der Waals surface area contributed by atoms with Gasteiger partial charge in [0.25, 0.3) is 5.91 Å². The zero-order chi connectivity index (χ0) is 19.2. The number of benzene rings is 1. The minimum absolute atomic E-state index is 0.0541. The van der Waals surface area contributed by atoms with E-state index in [9.17, 15) is 4.79 Å². The number of anilines is 1. The molecule has 2 aromatic heterocycles. The van der Waals surface area contributed by atoms with Gasteiger partial charge in [-0.2, -0.15) is 9.78 Å². The molecule has 0 saturated heterocycles. The number of nitrogen functional groups attached to an aromatic ring is 1. The van der Waals surface area contributed by atoms with E-state index in [2.05, 4.69) is 35.8 Å². The molecule has 11 heteroatoms. The smallest absolute Gasteiger partial charge is 0.293 e. The van der Waals surface area contributed by atoms with Crippen molar-refractivity contribution in [3.8, 4) is 11.6 Å². The predicted octanol–water partition coefficient (Wildman–Crippen LogP) is 0.957. The van der Waals surface area contributed by atoms with Gasteiger partial charge in [0.15, 0.2) is 5.69 Å². The summed E-state index contributed by atoms with van der Waals surface area (Å²) >= 11 is 0. The number of carbonyl (C=O) groups excluding carboxylic acids is 1. The molecule has 3 N–H and O–H groups in total. The van der Waals surface area contributed by atoms with Crippen molar-refractivity contribution in [2.75, 3.05) is 12.8 Å². The van der Waals surface area contributed by atoms with Crippen molar-refractivity contribution in [1.82, 2.24) is 30.7 Å². The van der Waals surface area contributed by atoms with Gasteiger partial charge in [0, 0.05) is 5.56 Å². The number of nitrogens with one attached hydrogen (secondary N) is 1. The van der Waals surface area contributed by atoms with E-state index in [0.717, 1.165) is 12.0 Å². The molecule has 0 aliphatic carbocycles. The third-order valence-corrected chi connectivity index (χ3v) is 3.67. The van der Waals surface area contributed by atoms with E-state index in [1.807, 2.05) is 25.1 Å². The van der Waals surface area contributed by atoms with Crippen LogP contribution in [0.25, 0.3) is 5.82 Å². The fourth-order valence-corrected chi connectivity index (χ4v) is 2.43. The average Bonchev–Trinajstić information content (AvgIpc) is 3.28. The van der Waals surface area contributed by atoms with E-state index in [0.29, 0.717) is 17.9 Å². The summed E-state index contributed by atoms with van der Waals surface area (Å²) in [5.41, 5.74) is 9.52. The Kier molecular flexibility index (Phi) is 5.40. The molecule has 0 aliphatic rings. The number of rotatable bonds is 7. The Morgan fingerprint density at radius 1 is 1.41 bits per heavy atom. The summed E-state index contributed by atoms with van der Waals surface area (Å²) in [4.78, 5) is 12.5. The number of nitrogens with two attached hydrogens (primary N) is 1. The molecule has 0 radical (unpaired) electrons. The lowest BCUT2D eigenvalue weighted by atomic mass is 10.2. The highest BCUT2D eigenvalue weighted by atomic mass is 16.6. The Bertz CT molecular complexity index is 962. The van der Waals surface area contributed by atoms with Gasteiger partial charge >= 0.3 is 0 Å². The molecule has 1 amide bonds. The monoisotopic (exact) mass is 370 g/mol. The van der Waals surface area contributed by atoms with Gasteiger partial charge in [0.05, 0.1) is 19.0 Å². The molecule has 11 nitrogen and oxygen atoms in total. The van der Waals surface area contributed by atoms with Crippen LogP contribution in [0.4, 0.5) is 5.82 Å². The van der Waals surface area contributed by atoms with Gasteiger partial charge in [-0.3, -0.25) is 4.79 Å². The molecule has 0 unspecified atom stereocenters. The molecule has 0 atom stereocenters. The second-order valence-corrected chi connectivity index (χ2v) is 5.46. The maximum atomic E-state index is 12.5. The number of methoxy groups -OCH3 is 1. The van der Waals surface area contributed by atoms with Gasteiger partial charge in [-0.25, -0.2) is 10.1 Å². The average molecular weight is 370 g/mol. The quantitative estimate of drug-likeness (QED) is 0.462. The molecule has 0 aliphatic heterocycles. The Morgan fingerprint density at radius 3 is 2.93 bits per heavy atom. The summed E-state index contributed by atoms with van der Waals surface area (Å²) < 4.78 is 11.2. The third kappa shape index (κ3) is 3.76. The first-order chi connectivity index (χ1) is 13.2. The van der Waals surface area contributed by atoms with E-state index in [4.69, 9.17) is 10.5 Å². The molecule has 2 heterocycles. The van der Waals surface area contributed by atoms with Crippen molar-refractivity contribution >= 4 is 17.9 Å². The Hall–Kier alpha value is -3.76.